The Kier molecular flexibility index (Phi) is 7.61. The van der Waals surface area contributed by atoms with E-state index in [2.05, 4.69) is 29.0 Å². The van der Waals surface area contributed by atoms with Gasteiger partial charge in [-0.15, -0.1) is 0 Å². The first kappa shape index (κ1) is 21.3. The van der Waals surface area contributed by atoms with Crippen LogP contribution >= 0.6 is 0 Å². The fourth-order valence-corrected chi connectivity index (χ4v) is 4.15. The van der Waals surface area contributed by atoms with Crippen LogP contribution in [-0.4, -0.2) is 79.1 Å². The van der Waals surface area contributed by atoms with Crippen molar-refractivity contribution in [2.45, 2.75) is 33.1 Å². The molecule has 3 rings (SSSR count). The van der Waals surface area contributed by atoms with Crippen LogP contribution in [0, 0.1) is 5.92 Å². The molecule has 2 aliphatic rings. The minimum Gasteiger partial charge on any atom is -0.506 e. The number of nitrogens with zero attached hydrogens (tertiary/aromatic N) is 4. The lowest BCUT2D eigenvalue weighted by molar-refractivity contribution is -0.132. The van der Waals surface area contributed by atoms with E-state index in [9.17, 15) is 9.90 Å². The Balaban J connectivity index is 1.51. The molecule has 0 radical (unpaired) electrons. The first-order valence-corrected chi connectivity index (χ1v) is 10.9. The number of rotatable bonds is 5. The molecule has 7 heteroatoms. The summed E-state index contributed by atoms with van der Waals surface area (Å²) >= 11 is 0. The normalized spacial score (nSPS) is 20.7. The predicted molar refractivity (Wildman–Crippen MR) is 117 cm³/mol. The van der Waals surface area contributed by atoms with E-state index in [1.165, 1.54) is 6.42 Å². The van der Waals surface area contributed by atoms with E-state index in [1.54, 1.807) is 6.07 Å². The molecule has 2 saturated heterocycles. The zero-order valence-corrected chi connectivity index (χ0v) is 17.8. The molecule has 2 heterocycles. The Labute approximate surface area is 174 Å². The number of likely N-dealkylation sites (tertiary alicyclic amines) is 1. The van der Waals surface area contributed by atoms with Crippen molar-refractivity contribution in [1.82, 2.24) is 15.1 Å². The molecule has 7 nitrogen and oxygen atoms in total. The minimum absolute atomic E-state index is 0.223. The number of guanidine groups is 1. The lowest BCUT2D eigenvalue weighted by Crippen LogP contribution is -2.52. The van der Waals surface area contributed by atoms with Gasteiger partial charge in [-0.2, -0.15) is 0 Å². The maximum Gasteiger partial charge on any atom is 0.224 e. The number of carbonyl (C=O) groups is 1. The summed E-state index contributed by atoms with van der Waals surface area (Å²) in [6.45, 7) is 10.7. The molecular weight excluding hydrogens is 366 g/mol. The lowest BCUT2D eigenvalue weighted by atomic mass is 10.00. The molecule has 2 N–H and O–H groups in total. The average molecular weight is 402 g/mol. The molecule has 0 aromatic heterocycles. The number of phenols is 1. The number of hydrogen-bond donors (Lipinski definition) is 2. The van der Waals surface area contributed by atoms with E-state index < -0.39 is 0 Å². The second kappa shape index (κ2) is 10.4. The van der Waals surface area contributed by atoms with E-state index in [4.69, 9.17) is 4.99 Å². The number of piperazine rings is 1. The highest BCUT2D eigenvalue weighted by molar-refractivity contribution is 5.81. The van der Waals surface area contributed by atoms with E-state index >= 15 is 0 Å². The molecule has 1 atom stereocenters. The topological polar surface area (TPSA) is 71.4 Å². The molecule has 0 bridgehead atoms. The van der Waals surface area contributed by atoms with E-state index in [1.807, 2.05) is 23.1 Å². The van der Waals surface area contributed by atoms with Crippen LogP contribution < -0.4 is 10.2 Å². The summed E-state index contributed by atoms with van der Waals surface area (Å²) in [6, 6.07) is 7.48. The van der Waals surface area contributed by atoms with E-state index in [0.717, 1.165) is 63.9 Å². The summed E-state index contributed by atoms with van der Waals surface area (Å²) in [6.07, 6.45) is 2.80. The Morgan fingerprint density at radius 3 is 2.62 bits per heavy atom. The van der Waals surface area contributed by atoms with E-state index in [0.29, 0.717) is 24.6 Å². The predicted octanol–water partition coefficient (Wildman–Crippen LogP) is 2.13. The first-order valence-electron chi connectivity index (χ1n) is 10.9. The molecule has 0 aliphatic carbocycles. The van der Waals surface area contributed by atoms with Gasteiger partial charge in [0.1, 0.15) is 5.75 Å². The zero-order valence-electron chi connectivity index (χ0n) is 17.8. The highest BCUT2D eigenvalue weighted by Gasteiger charge is 2.22. The number of amides is 1. The highest BCUT2D eigenvalue weighted by Crippen LogP contribution is 2.27. The lowest BCUT2D eigenvalue weighted by Gasteiger charge is -2.38. The Bertz CT molecular complexity index is 700. The molecule has 160 valence electrons. The molecule has 2 fully saturated rings. The van der Waals surface area contributed by atoms with Crippen LogP contribution in [0.4, 0.5) is 5.69 Å². The summed E-state index contributed by atoms with van der Waals surface area (Å²) in [5.41, 5.74) is 0.885. The standard InChI is InChI=1S/C22H35N5O2/c1-3-23-22(24-11-10-21(29)27-12-6-7-18(2)17-27)26-15-13-25(14-16-26)19-8-4-5-9-20(19)28/h4-5,8-9,18,28H,3,6-7,10-17H2,1-2H3,(H,23,24). The van der Waals surface area contributed by atoms with Gasteiger partial charge in [-0.25, -0.2) is 0 Å². The quantitative estimate of drug-likeness (QED) is 0.584. The summed E-state index contributed by atoms with van der Waals surface area (Å²) < 4.78 is 0. The minimum atomic E-state index is 0.223. The second-order valence-electron chi connectivity index (χ2n) is 8.04. The molecule has 0 spiro atoms. The number of aliphatic imine (C=N–C) groups is 1. The van der Waals surface area contributed by atoms with Gasteiger partial charge < -0.3 is 25.1 Å². The monoisotopic (exact) mass is 401 g/mol. The molecule has 2 aliphatic heterocycles. The van der Waals surface area contributed by atoms with Gasteiger partial charge in [0.05, 0.1) is 12.2 Å². The van der Waals surface area contributed by atoms with Crippen molar-refractivity contribution in [1.29, 1.82) is 0 Å². The largest absolute Gasteiger partial charge is 0.506 e. The zero-order chi connectivity index (χ0) is 20.6. The Morgan fingerprint density at radius 1 is 1.17 bits per heavy atom. The smallest absolute Gasteiger partial charge is 0.224 e. The van der Waals surface area contributed by atoms with Crippen molar-refractivity contribution in [3.05, 3.63) is 24.3 Å². The van der Waals surface area contributed by atoms with Crippen LogP contribution in [0.1, 0.15) is 33.1 Å². The Morgan fingerprint density at radius 2 is 1.93 bits per heavy atom. The van der Waals surface area contributed by atoms with Crippen molar-refractivity contribution < 1.29 is 9.90 Å². The number of phenolic OH excluding ortho intramolecular Hbond substituents is 1. The van der Waals surface area contributed by atoms with Crippen LogP contribution in [0.25, 0.3) is 0 Å². The number of para-hydroxylation sites is 2. The van der Waals surface area contributed by atoms with Gasteiger partial charge in [0.2, 0.25) is 5.91 Å². The van der Waals surface area contributed by atoms with Crippen molar-refractivity contribution in [2.75, 3.05) is 57.3 Å². The second-order valence-corrected chi connectivity index (χ2v) is 8.04. The van der Waals surface area contributed by atoms with Crippen molar-refractivity contribution in [3.63, 3.8) is 0 Å². The molecule has 1 aromatic carbocycles. The van der Waals surface area contributed by atoms with Crippen LogP contribution in [0.2, 0.25) is 0 Å². The first-order chi connectivity index (χ1) is 14.1. The summed E-state index contributed by atoms with van der Waals surface area (Å²) in [7, 11) is 0. The third-order valence-corrected chi connectivity index (χ3v) is 5.73. The number of aromatic hydroxyl groups is 1. The maximum atomic E-state index is 12.5. The molecule has 1 aromatic rings. The van der Waals surface area contributed by atoms with Crippen molar-refractivity contribution >= 4 is 17.6 Å². The van der Waals surface area contributed by atoms with Gasteiger partial charge in [0, 0.05) is 52.2 Å². The summed E-state index contributed by atoms with van der Waals surface area (Å²) in [5.74, 6) is 2.03. The summed E-state index contributed by atoms with van der Waals surface area (Å²) in [5, 5.41) is 13.4. The highest BCUT2D eigenvalue weighted by atomic mass is 16.3. The van der Waals surface area contributed by atoms with Crippen molar-refractivity contribution in [3.8, 4) is 5.75 Å². The molecule has 1 amide bonds. The summed E-state index contributed by atoms with van der Waals surface area (Å²) in [4.78, 5) is 23.7. The number of benzene rings is 1. The maximum absolute atomic E-state index is 12.5. The number of nitrogens with one attached hydrogen (secondary N) is 1. The molecule has 1 unspecified atom stereocenters. The van der Waals surface area contributed by atoms with Gasteiger partial charge in [-0.05, 0) is 37.8 Å². The molecular formula is C22H35N5O2. The van der Waals surface area contributed by atoms with Gasteiger partial charge in [0.15, 0.2) is 5.96 Å². The van der Waals surface area contributed by atoms with Crippen LogP contribution in [0.5, 0.6) is 5.75 Å². The SMILES string of the molecule is CCNC(=NCCC(=O)N1CCCC(C)C1)N1CCN(c2ccccc2O)CC1. The van der Waals surface area contributed by atoms with Gasteiger partial charge in [-0.3, -0.25) is 9.79 Å². The Hall–Kier alpha value is -2.44. The molecule has 29 heavy (non-hydrogen) atoms. The number of piperidine rings is 1. The van der Waals surface area contributed by atoms with E-state index in [-0.39, 0.29) is 5.91 Å². The fourth-order valence-electron chi connectivity index (χ4n) is 4.15. The third-order valence-electron chi connectivity index (χ3n) is 5.73. The average Bonchev–Trinajstić information content (AvgIpc) is 2.73. The van der Waals surface area contributed by atoms with Gasteiger partial charge in [0.25, 0.3) is 0 Å². The van der Waals surface area contributed by atoms with Gasteiger partial charge >= 0.3 is 0 Å². The number of carbonyl (C=O) groups excluding carboxylic acids is 1. The van der Waals surface area contributed by atoms with Crippen LogP contribution in [-0.2, 0) is 4.79 Å². The number of hydrogen-bond acceptors (Lipinski definition) is 4. The fraction of sp³-hybridized carbons (Fsp3) is 0.636. The van der Waals surface area contributed by atoms with Crippen molar-refractivity contribution in [2.24, 2.45) is 10.9 Å². The van der Waals surface area contributed by atoms with Crippen LogP contribution in [0.3, 0.4) is 0 Å². The number of anilines is 1. The third kappa shape index (κ3) is 5.78. The van der Waals surface area contributed by atoms with Gasteiger partial charge in [-0.1, -0.05) is 19.1 Å². The molecule has 0 saturated carbocycles. The van der Waals surface area contributed by atoms with Crippen LogP contribution in [0.15, 0.2) is 29.3 Å².